The maximum Gasteiger partial charge on any atom is 0.269 e. The summed E-state index contributed by atoms with van der Waals surface area (Å²) in [7, 11) is 0. The Labute approximate surface area is 102 Å². The van der Waals surface area contributed by atoms with Gasteiger partial charge in [-0.05, 0) is 5.56 Å². The van der Waals surface area contributed by atoms with Gasteiger partial charge in [0.1, 0.15) is 6.04 Å². The predicted molar refractivity (Wildman–Crippen MR) is 63.6 cm³/mol. The van der Waals surface area contributed by atoms with Crippen molar-refractivity contribution in [2.45, 2.75) is 12.1 Å². The van der Waals surface area contributed by atoms with Gasteiger partial charge >= 0.3 is 0 Å². The Morgan fingerprint density at radius 1 is 1.44 bits per heavy atom. The first-order chi connectivity index (χ1) is 8.49. The molecule has 94 valence electrons. The highest BCUT2D eigenvalue weighted by atomic mass is 16.6. The van der Waals surface area contributed by atoms with Crippen LogP contribution < -0.4 is 16.8 Å². The molecule has 0 aromatic heterocycles. The third kappa shape index (κ3) is 2.43. The van der Waals surface area contributed by atoms with Gasteiger partial charge in [0.05, 0.1) is 11.0 Å². The Kier molecular flexibility index (Phi) is 2.94. The van der Waals surface area contributed by atoms with E-state index in [1.165, 1.54) is 12.1 Å². The average molecular weight is 249 g/mol. The molecule has 0 aliphatic carbocycles. The molecule has 0 bridgehead atoms. The van der Waals surface area contributed by atoms with Crippen LogP contribution in [0, 0.1) is 10.1 Å². The number of aliphatic imine (C=N–C) groups is 1. The van der Waals surface area contributed by atoms with E-state index in [4.69, 9.17) is 11.5 Å². The van der Waals surface area contributed by atoms with Crippen LogP contribution in [0.3, 0.4) is 0 Å². The van der Waals surface area contributed by atoms with Gasteiger partial charge in [0.25, 0.3) is 11.6 Å². The first-order valence-electron chi connectivity index (χ1n) is 5.13. The topological polar surface area (TPSA) is 147 Å². The Hall–Kier alpha value is -2.48. The second-order valence-corrected chi connectivity index (χ2v) is 3.85. The zero-order valence-corrected chi connectivity index (χ0v) is 9.24. The van der Waals surface area contributed by atoms with E-state index < -0.39 is 16.9 Å². The molecule has 1 heterocycles. The van der Waals surface area contributed by atoms with Gasteiger partial charge in [-0.25, -0.2) is 0 Å². The van der Waals surface area contributed by atoms with E-state index in [-0.39, 0.29) is 17.7 Å². The van der Waals surface area contributed by atoms with Crippen molar-refractivity contribution in [2.24, 2.45) is 16.5 Å². The second-order valence-electron chi connectivity index (χ2n) is 3.85. The number of nitrogens with one attached hydrogen (secondary N) is 1. The molecular weight excluding hydrogens is 238 g/mol. The number of nitro benzene ring substituents is 1. The lowest BCUT2D eigenvalue weighted by Crippen LogP contribution is -2.25. The molecule has 1 aromatic rings. The largest absolute Gasteiger partial charge is 0.370 e. The summed E-state index contributed by atoms with van der Waals surface area (Å²) in [6.45, 7) is 0. The third-order valence-electron chi connectivity index (χ3n) is 2.53. The smallest absolute Gasteiger partial charge is 0.269 e. The molecule has 2 atom stereocenters. The van der Waals surface area contributed by atoms with Gasteiger partial charge in [0.15, 0.2) is 5.96 Å². The van der Waals surface area contributed by atoms with Crippen molar-refractivity contribution in [1.82, 2.24) is 5.32 Å². The Morgan fingerprint density at radius 2 is 2.17 bits per heavy atom. The maximum atomic E-state index is 11.5. The van der Waals surface area contributed by atoms with Crippen LogP contribution in [0.2, 0.25) is 0 Å². The van der Waals surface area contributed by atoms with Crippen molar-refractivity contribution in [2.75, 3.05) is 0 Å². The fourth-order valence-electron chi connectivity index (χ4n) is 1.67. The van der Waals surface area contributed by atoms with Gasteiger partial charge in [-0.1, -0.05) is 12.1 Å². The third-order valence-corrected chi connectivity index (χ3v) is 2.53. The number of non-ortho nitro benzene ring substituents is 1. The van der Waals surface area contributed by atoms with Crippen LogP contribution in [0.4, 0.5) is 5.69 Å². The molecule has 0 radical (unpaired) electrons. The summed E-state index contributed by atoms with van der Waals surface area (Å²) >= 11 is 0. The zero-order valence-electron chi connectivity index (χ0n) is 9.24. The monoisotopic (exact) mass is 249 g/mol. The molecular formula is C10H11N5O3. The number of benzene rings is 1. The summed E-state index contributed by atoms with van der Waals surface area (Å²) in [5.41, 5.74) is 10.8. The molecule has 1 amide bonds. The van der Waals surface area contributed by atoms with E-state index in [1.807, 2.05) is 0 Å². The number of nitrogens with zero attached hydrogens (tertiary/aromatic N) is 2. The molecule has 1 saturated heterocycles. The van der Waals surface area contributed by atoms with E-state index >= 15 is 0 Å². The number of rotatable bonds is 3. The Balaban J connectivity index is 2.12. The lowest BCUT2D eigenvalue weighted by Gasteiger charge is -1.97. The van der Waals surface area contributed by atoms with Gasteiger partial charge in [-0.3, -0.25) is 20.2 Å². The van der Waals surface area contributed by atoms with E-state index in [0.29, 0.717) is 5.56 Å². The van der Waals surface area contributed by atoms with Crippen molar-refractivity contribution in [3.63, 3.8) is 0 Å². The minimum Gasteiger partial charge on any atom is -0.370 e. The fourth-order valence-corrected chi connectivity index (χ4v) is 1.67. The molecule has 2 rings (SSSR count). The number of nitrogens with two attached hydrogens (primary N) is 2. The first kappa shape index (κ1) is 12.0. The molecule has 5 N–H and O–H groups in total. The standard InChI is InChI=1S/C10H11N5O3/c11-10(12)14-9(16)8-7(13-8)5-2-1-3-6(4-5)15(17)18/h1-4,7-8,13H,(H4,11,12,14,16). The molecule has 8 heteroatoms. The zero-order chi connectivity index (χ0) is 13.3. The van der Waals surface area contributed by atoms with E-state index in [1.54, 1.807) is 12.1 Å². The van der Waals surface area contributed by atoms with Gasteiger partial charge in [0.2, 0.25) is 0 Å². The first-order valence-corrected chi connectivity index (χ1v) is 5.13. The predicted octanol–water partition coefficient (Wildman–Crippen LogP) is -0.592. The second kappa shape index (κ2) is 4.41. The van der Waals surface area contributed by atoms with Crippen molar-refractivity contribution in [1.29, 1.82) is 0 Å². The lowest BCUT2D eigenvalue weighted by molar-refractivity contribution is -0.384. The maximum absolute atomic E-state index is 11.5. The van der Waals surface area contributed by atoms with Crippen LogP contribution >= 0.6 is 0 Å². The molecule has 1 aliphatic heterocycles. The minimum atomic E-state index is -0.519. The SMILES string of the molecule is NC(N)=NC(=O)C1NC1c1cccc([N+](=O)[O-])c1. The summed E-state index contributed by atoms with van der Waals surface area (Å²) in [5, 5.41) is 13.5. The lowest BCUT2D eigenvalue weighted by atomic mass is 10.1. The van der Waals surface area contributed by atoms with Crippen molar-refractivity contribution in [3.8, 4) is 0 Å². The number of nitro groups is 1. The summed E-state index contributed by atoms with van der Waals surface area (Å²) < 4.78 is 0. The van der Waals surface area contributed by atoms with Gasteiger partial charge in [0, 0.05) is 12.1 Å². The number of carbonyl (C=O) groups is 1. The quantitative estimate of drug-likeness (QED) is 0.214. The molecule has 0 saturated carbocycles. The van der Waals surface area contributed by atoms with E-state index in [9.17, 15) is 14.9 Å². The number of carbonyl (C=O) groups excluding carboxylic acids is 1. The van der Waals surface area contributed by atoms with Crippen molar-refractivity contribution < 1.29 is 9.72 Å². The van der Waals surface area contributed by atoms with Crippen LogP contribution in [0.25, 0.3) is 0 Å². The Bertz CT molecular complexity index is 538. The van der Waals surface area contributed by atoms with Crippen LogP contribution in [0.15, 0.2) is 29.3 Å². The summed E-state index contributed by atoms with van der Waals surface area (Å²) in [6.07, 6.45) is 0. The minimum absolute atomic E-state index is 0.0192. The molecule has 1 fully saturated rings. The normalized spacial score (nSPS) is 21.1. The van der Waals surface area contributed by atoms with Gasteiger partial charge in [-0.15, -0.1) is 0 Å². The Morgan fingerprint density at radius 3 is 2.78 bits per heavy atom. The fraction of sp³-hybridized carbons (Fsp3) is 0.200. The number of amides is 1. The molecule has 2 unspecified atom stereocenters. The molecule has 0 spiro atoms. The molecule has 8 nitrogen and oxygen atoms in total. The molecule has 1 aliphatic rings. The number of hydrogen-bond acceptors (Lipinski definition) is 4. The number of guanidine groups is 1. The molecule has 18 heavy (non-hydrogen) atoms. The summed E-state index contributed by atoms with van der Waals surface area (Å²) in [4.78, 5) is 25.0. The number of hydrogen-bond donors (Lipinski definition) is 3. The van der Waals surface area contributed by atoms with Gasteiger partial charge in [-0.2, -0.15) is 4.99 Å². The van der Waals surface area contributed by atoms with Crippen LogP contribution in [-0.4, -0.2) is 22.8 Å². The van der Waals surface area contributed by atoms with Crippen LogP contribution in [-0.2, 0) is 4.79 Å². The highest BCUT2D eigenvalue weighted by Crippen LogP contribution is 2.32. The van der Waals surface area contributed by atoms with Crippen LogP contribution in [0.5, 0.6) is 0 Å². The van der Waals surface area contributed by atoms with Crippen molar-refractivity contribution in [3.05, 3.63) is 39.9 Å². The summed E-state index contributed by atoms with van der Waals surface area (Å²) in [6, 6.07) is 5.27. The molecule has 1 aromatic carbocycles. The highest BCUT2D eigenvalue weighted by molar-refractivity contribution is 5.96. The van der Waals surface area contributed by atoms with Gasteiger partial charge < -0.3 is 11.5 Å². The highest BCUT2D eigenvalue weighted by Gasteiger charge is 2.43. The van der Waals surface area contributed by atoms with E-state index in [0.717, 1.165) is 0 Å². The summed E-state index contributed by atoms with van der Waals surface area (Å²) in [5.74, 6) is -0.780. The van der Waals surface area contributed by atoms with Crippen LogP contribution in [0.1, 0.15) is 11.6 Å². The average Bonchev–Trinajstić information content (AvgIpc) is 3.08. The van der Waals surface area contributed by atoms with E-state index in [2.05, 4.69) is 10.3 Å². The van der Waals surface area contributed by atoms with Crippen molar-refractivity contribution >= 4 is 17.6 Å².